The number of fused-ring (bicyclic) bond motifs is 2. The maximum Gasteiger partial charge on any atom is 0.231 e. The second-order valence-electron chi connectivity index (χ2n) is 9.10. The summed E-state index contributed by atoms with van der Waals surface area (Å²) in [5.74, 6) is 2.56. The number of rotatable bonds is 7. The highest BCUT2D eigenvalue weighted by molar-refractivity contribution is 9.10. The van der Waals surface area contributed by atoms with E-state index in [1.54, 1.807) is 11.8 Å². The van der Waals surface area contributed by atoms with Crippen LogP contribution in [0.1, 0.15) is 44.6 Å². The van der Waals surface area contributed by atoms with Gasteiger partial charge in [-0.05, 0) is 65.4 Å². The number of ether oxygens (including phenoxy) is 2. The SMILES string of the molecule is Nc1ncnc2c1nc(Sc1cc3c(cc1Br)OCO3)n2CCC(C1CCCCC1)n1cccc1. The first-order chi connectivity index (χ1) is 17.2. The molecular weight excluding hydrogens is 528 g/mol. The minimum atomic E-state index is 0.239. The molecule has 182 valence electrons. The van der Waals surface area contributed by atoms with Crippen molar-refractivity contribution in [1.82, 2.24) is 24.1 Å². The highest BCUT2D eigenvalue weighted by Gasteiger charge is 2.26. The van der Waals surface area contributed by atoms with Crippen molar-refractivity contribution in [2.24, 2.45) is 5.92 Å². The molecule has 1 aliphatic carbocycles. The van der Waals surface area contributed by atoms with Gasteiger partial charge in [0, 0.05) is 34.3 Å². The van der Waals surface area contributed by atoms with Gasteiger partial charge in [-0.3, -0.25) is 0 Å². The molecule has 2 aliphatic rings. The molecule has 0 bridgehead atoms. The number of nitrogens with zero attached hydrogens (tertiary/aromatic N) is 5. The average molecular weight is 556 g/mol. The van der Waals surface area contributed by atoms with E-state index < -0.39 is 0 Å². The van der Waals surface area contributed by atoms with Crippen molar-refractivity contribution in [3.05, 3.63) is 47.5 Å². The largest absolute Gasteiger partial charge is 0.454 e. The van der Waals surface area contributed by atoms with E-state index in [-0.39, 0.29) is 6.79 Å². The summed E-state index contributed by atoms with van der Waals surface area (Å²) >= 11 is 5.25. The van der Waals surface area contributed by atoms with Crippen LogP contribution in [0.15, 0.2) is 57.5 Å². The monoisotopic (exact) mass is 554 g/mol. The second-order valence-corrected chi connectivity index (χ2v) is 11.0. The number of benzene rings is 1. The number of anilines is 1. The van der Waals surface area contributed by atoms with Gasteiger partial charge < -0.3 is 24.3 Å². The Balaban J connectivity index is 1.34. The summed E-state index contributed by atoms with van der Waals surface area (Å²) < 4.78 is 16.6. The molecule has 4 aromatic rings. The Morgan fingerprint density at radius 2 is 1.86 bits per heavy atom. The van der Waals surface area contributed by atoms with Crippen molar-refractivity contribution in [3.63, 3.8) is 0 Å². The topological polar surface area (TPSA) is 93.0 Å². The molecule has 1 fully saturated rings. The van der Waals surface area contributed by atoms with Crippen LogP contribution in [-0.4, -0.2) is 30.9 Å². The Kier molecular flexibility index (Phi) is 6.32. The van der Waals surface area contributed by atoms with Crippen molar-refractivity contribution in [1.29, 1.82) is 0 Å². The first kappa shape index (κ1) is 22.7. The highest BCUT2D eigenvalue weighted by atomic mass is 79.9. The van der Waals surface area contributed by atoms with Crippen LogP contribution in [0.4, 0.5) is 5.82 Å². The number of aromatic nitrogens is 5. The van der Waals surface area contributed by atoms with E-state index >= 15 is 0 Å². The van der Waals surface area contributed by atoms with Crippen LogP contribution < -0.4 is 15.2 Å². The Hall–Kier alpha value is -2.72. The molecule has 1 aliphatic heterocycles. The van der Waals surface area contributed by atoms with Crippen LogP contribution >= 0.6 is 27.7 Å². The highest BCUT2D eigenvalue weighted by Crippen LogP contribution is 2.43. The van der Waals surface area contributed by atoms with Crippen LogP contribution in [0.5, 0.6) is 11.5 Å². The standard InChI is InChI=1S/C25H27BrN6O2S/c26-17-12-19-20(34-15-33-19)13-21(17)35-25-30-22-23(27)28-14-29-24(22)32(25)11-8-18(31-9-4-5-10-31)16-6-2-1-3-7-16/h4-5,9-10,12-14,16,18H,1-3,6-8,11,15H2,(H2,27,28,29). The summed E-state index contributed by atoms with van der Waals surface area (Å²) in [5.41, 5.74) is 7.61. The molecule has 2 N–H and O–H groups in total. The van der Waals surface area contributed by atoms with Crippen LogP contribution in [0, 0.1) is 5.92 Å². The number of hydrogen-bond acceptors (Lipinski definition) is 7. The molecule has 1 unspecified atom stereocenters. The minimum absolute atomic E-state index is 0.239. The van der Waals surface area contributed by atoms with Crippen molar-refractivity contribution >= 4 is 44.7 Å². The van der Waals surface area contributed by atoms with E-state index in [0.29, 0.717) is 23.3 Å². The number of aryl methyl sites for hydroxylation is 1. The molecule has 6 rings (SSSR count). The second kappa shape index (κ2) is 9.73. The van der Waals surface area contributed by atoms with Crippen molar-refractivity contribution < 1.29 is 9.47 Å². The van der Waals surface area contributed by atoms with Crippen LogP contribution in [0.2, 0.25) is 0 Å². The first-order valence-corrected chi connectivity index (χ1v) is 13.6. The molecule has 1 saturated carbocycles. The lowest BCUT2D eigenvalue weighted by atomic mass is 9.82. The summed E-state index contributed by atoms with van der Waals surface area (Å²) in [6.07, 6.45) is 13.5. The third-order valence-corrected chi connectivity index (χ3v) is 8.98. The van der Waals surface area contributed by atoms with Crippen LogP contribution in [0.25, 0.3) is 11.2 Å². The molecule has 3 aromatic heterocycles. The van der Waals surface area contributed by atoms with Crippen LogP contribution in [0.3, 0.4) is 0 Å². The zero-order valence-electron chi connectivity index (χ0n) is 19.3. The quantitative estimate of drug-likeness (QED) is 0.296. The lowest BCUT2D eigenvalue weighted by molar-refractivity contribution is 0.174. The van der Waals surface area contributed by atoms with Gasteiger partial charge in [-0.25, -0.2) is 15.0 Å². The number of imidazole rings is 1. The van der Waals surface area contributed by atoms with E-state index in [1.807, 2.05) is 12.1 Å². The zero-order chi connectivity index (χ0) is 23.8. The third-order valence-electron chi connectivity index (χ3n) is 7.01. The molecular formula is C25H27BrN6O2S. The summed E-state index contributed by atoms with van der Waals surface area (Å²) in [4.78, 5) is 14.6. The molecule has 1 atom stereocenters. The van der Waals surface area contributed by atoms with Gasteiger partial charge in [-0.2, -0.15) is 0 Å². The van der Waals surface area contributed by atoms with Gasteiger partial charge in [-0.1, -0.05) is 31.0 Å². The molecule has 4 heterocycles. The summed E-state index contributed by atoms with van der Waals surface area (Å²) in [7, 11) is 0. The number of nitrogens with two attached hydrogens (primary N) is 1. The maximum absolute atomic E-state index is 6.20. The molecule has 10 heteroatoms. The lowest BCUT2D eigenvalue weighted by Crippen LogP contribution is -2.22. The van der Waals surface area contributed by atoms with Gasteiger partial charge in [-0.15, -0.1) is 0 Å². The Morgan fingerprint density at radius 1 is 1.09 bits per heavy atom. The number of hydrogen-bond donors (Lipinski definition) is 1. The molecule has 0 radical (unpaired) electrons. The fourth-order valence-corrected chi connectivity index (χ4v) is 6.78. The smallest absolute Gasteiger partial charge is 0.231 e. The van der Waals surface area contributed by atoms with Gasteiger partial charge in [0.05, 0.1) is 0 Å². The molecule has 8 nitrogen and oxygen atoms in total. The van der Waals surface area contributed by atoms with Gasteiger partial charge >= 0.3 is 0 Å². The van der Waals surface area contributed by atoms with E-state index in [9.17, 15) is 0 Å². The Bertz CT molecular complexity index is 1340. The van der Waals surface area contributed by atoms with E-state index in [2.05, 4.69) is 59.6 Å². The number of halogens is 1. The Labute approximate surface area is 216 Å². The maximum atomic E-state index is 6.20. The molecule has 0 amide bonds. The van der Waals surface area contributed by atoms with Crippen LogP contribution in [-0.2, 0) is 6.54 Å². The minimum Gasteiger partial charge on any atom is -0.454 e. The fourth-order valence-electron chi connectivity index (χ4n) is 5.27. The normalized spacial score (nSPS) is 16.7. The number of nitrogen functional groups attached to an aromatic ring is 1. The molecule has 0 spiro atoms. The predicted octanol–water partition coefficient (Wildman–Crippen LogP) is 6.06. The molecule has 0 saturated heterocycles. The van der Waals surface area contributed by atoms with Gasteiger partial charge in [0.25, 0.3) is 0 Å². The van der Waals surface area contributed by atoms with Crippen molar-refractivity contribution in [3.8, 4) is 11.5 Å². The van der Waals surface area contributed by atoms with E-state index in [1.165, 1.54) is 38.4 Å². The molecule has 1 aromatic carbocycles. The lowest BCUT2D eigenvalue weighted by Gasteiger charge is -2.32. The molecule has 35 heavy (non-hydrogen) atoms. The first-order valence-electron chi connectivity index (χ1n) is 12.0. The Morgan fingerprint density at radius 3 is 2.66 bits per heavy atom. The van der Waals surface area contributed by atoms with E-state index in [0.717, 1.165) is 44.6 Å². The van der Waals surface area contributed by atoms with E-state index in [4.69, 9.17) is 20.2 Å². The summed E-state index contributed by atoms with van der Waals surface area (Å²) in [6.45, 7) is 1.03. The average Bonchev–Trinajstić information content (AvgIpc) is 3.62. The van der Waals surface area contributed by atoms with Gasteiger partial charge in [0.2, 0.25) is 6.79 Å². The third kappa shape index (κ3) is 4.49. The summed E-state index contributed by atoms with van der Waals surface area (Å²) in [6, 6.07) is 8.61. The van der Waals surface area contributed by atoms with Gasteiger partial charge in [0.15, 0.2) is 33.6 Å². The fraction of sp³-hybridized carbons (Fsp3) is 0.400. The van der Waals surface area contributed by atoms with Crippen molar-refractivity contribution in [2.45, 2.75) is 61.2 Å². The van der Waals surface area contributed by atoms with Crippen molar-refractivity contribution in [2.75, 3.05) is 12.5 Å². The zero-order valence-corrected chi connectivity index (χ0v) is 21.7. The van der Waals surface area contributed by atoms with Gasteiger partial charge in [0.1, 0.15) is 6.33 Å². The summed E-state index contributed by atoms with van der Waals surface area (Å²) in [5, 5.41) is 0.835. The predicted molar refractivity (Wildman–Crippen MR) is 139 cm³/mol.